The van der Waals surface area contributed by atoms with E-state index in [-0.39, 0.29) is 5.52 Å². The summed E-state index contributed by atoms with van der Waals surface area (Å²) in [7, 11) is 0. The maximum absolute atomic E-state index is 13.6. The summed E-state index contributed by atoms with van der Waals surface area (Å²) in [6.07, 6.45) is 0. The lowest BCUT2D eigenvalue weighted by molar-refractivity contribution is 0.591. The lowest BCUT2D eigenvalue weighted by atomic mass is 10.0. The van der Waals surface area contributed by atoms with Gasteiger partial charge in [0.25, 0.3) is 0 Å². The van der Waals surface area contributed by atoms with Gasteiger partial charge >= 0.3 is 0 Å². The van der Waals surface area contributed by atoms with Crippen molar-refractivity contribution in [2.45, 2.75) is 19.8 Å². The van der Waals surface area contributed by atoms with Crippen LogP contribution in [0.15, 0.2) is 36.4 Å². The highest BCUT2D eigenvalue weighted by atomic mass is 19.1. The van der Waals surface area contributed by atoms with E-state index in [1.807, 2.05) is 24.3 Å². The monoisotopic (exact) mass is 272 g/mol. The van der Waals surface area contributed by atoms with Gasteiger partial charge in [-0.25, -0.2) is 13.8 Å². The summed E-state index contributed by atoms with van der Waals surface area (Å²) in [5.74, 6) is -0.271. The Kier molecular flexibility index (Phi) is 3.01. The maximum atomic E-state index is 13.6. The summed E-state index contributed by atoms with van der Waals surface area (Å²) in [6, 6.07) is 9.99. The summed E-state index contributed by atoms with van der Waals surface area (Å²) in [4.78, 5) is 7.15. The van der Waals surface area contributed by atoms with Crippen LogP contribution >= 0.6 is 0 Å². The quantitative estimate of drug-likeness (QED) is 0.723. The molecular formula is C16H14F2N2. The van der Waals surface area contributed by atoms with Gasteiger partial charge in [-0.1, -0.05) is 38.1 Å². The highest BCUT2D eigenvalue weighted by Gasteiger charge is 2.11. The number of nitrogens with zero attached hydrogens (tertiary/aromatic N) is 1. The first-order valence-electron chi connectivity index (χ1n) is 6.49. The molecule has 1 aromatic heterocycles. The molecule has 0 aliphatic heterocycles. The van der Waals surface area contributed by atoms with E-state index < -0.39 is 11.6 Å². The standard InChI is InChI=1S/C16H14F2N2/c1-9(2)10-3-5-11(6-4-10)16-19-14-8-12(17)7-13(18)15(14)20-16/h3-9H,1-2H3,(H,19,20). The Balaban J connectivity index is 2.08. The fraction of sp³-hybridized carbons (Fsp3) is 0.188. The Morgan fingerprint density at radius 2 is 1.75 bits per heavy atom. The van der Waals surface area contributed by atoms with Gasteiger partial charge in [-0.3, -0.25) is 0 Å². The zero-order valence-electron chi connectivity index (χ0n) is 11.2. The van der Waals surface area contributed by atoms with E-state index in [0.29, 0.717) is 17.3 Å². The first kappa shape index (κ1) is 12.8. The van der Waals surface area contributed by atoms with Crippen molar-refractivity contribution in [2.24, 2.45) is 0 Å². The van der Waals surface area contributed by atoms with Crippen LogP contribution in [0.25, 0.3) is 22.4 Å². The van der Waals surface area contributed by atoms with Gasteiger partial charge in [-0.05, 0) is 17.5 Å². The molecule has 0 radical (unpaired) electrons. The Morgan fingerprint density at radius 3 is 2.40 bits per heavy atom. The molecular weight excluding hydrogens is 258 g/mol. The van der Waals surface area contributed by atoms with Crippen LogP contribution in [0.1, 0.15) is 25.3 Å². The Bertz CT molecular complexity index is 758. The SMILES string of the molecule is CC(C)c1ccc(-c2nc3c(F)cc(F)cc3[nH]2)cc1. The molecule has 0 unspecified atom stereocenters. The van der Waals surface area contributed by atoms with Crippen LogP contribution < -0.4 is 0 Å². The fourth-order valence-corrected chi connectivity index (χ4v) is 2.20. The number of nitrogens with one attached hydrogen (secondary N) is 1. The van der Waals surface area contributed by atoms with Crippen LogP contribution in [-0.2, 0) is 0 Å². The topological polar surface area (TPSA) is 28.7 Å². The Labute approximate surface area is 115 Å². The second-order valence-corrected chi connectivity index (χ2v) is 5.15. The van der Waals surface area contributed by atoms with E-state index in [9.17, 15) is 8.78 Å². The number of aromatic nitrogens is 2. The van der Waals surface area contributed by atoms with Crippen molar-refractivity contribution in [3.8, 4) is 11.4 Å². The van der Waals surface area contributed by atoms with Crippen molar-refractivity contribution in [2.75, 3.05) is 0 Å². The molecule has 4 heteroatoms. The molecule has 0 atom stereocenters. The number of fused-ring (bicyclic) bond motifs is 1. The smallest absolute Gasteiger partial charge is 0.153 e. The van der Waals surface area contributed by atoms with E-state index >= 15 is 0 Å². The molecule has 0 saturated heterocycles. The second-order valence-electron chi connectivity index (χ2n) is 5.15. The minimum absolute atomic E-state index is 0.161. The molecule has 0 fully saturated rings. The predicted molar refractivity (Wildman–Crippen MR) is 75.5 cm³/mol. The molecule has 0 saturated carbocycles. The molecule has 0 bridgehead atoms. The molecule has 2 aromatic carbocycles. The summed E-state index contributed by atoms with van der Waals surface area (Å²) in [5, 5.41) is 0. The van der Waals surface area contributed by atoms with Gasteiger partial charge < -0.3 is 4.98 Å². The minimum atomic E-state index is -0.652. The molecule has 102 valence electrons. The minimum Gasteiger partial charge on any atom is -0.338 e. The van der Waals surface area contributed by atoms with Crippen LogP contribution in [0.2, 0.25) is 0 Å². The highest BCUT2D eigenvalue weighted by molar-refractivity contribution is 5.80. The summed E-state index contributed by atoms with van der Waals surface area (Å²) >= 11 is 0. The lowest BCUT2D eigenvalue weighted by Gasteiger charge is -2.05. The normalized spacial score (nSPS) is 11.4. The molecule has 1 N–H and O–H groups in total. The van der Waals surface area contributed by atoms with E-state index in [1.165, 1.54) is 11.6 Å². The van der Waals surface area contributed by atoms with E-state index in [4.69, 9.17) is 0 Å². The Morgan fingerprint density at radius 1 is 1.05 bits per heavy atom. The molecule has 0 aliphatic carbocycles. The van der Waals surface area contributed by atoms with Crippen molar-refractivity contribution in [1.82, 2.24) is 9.97 Å². The second kappa shape index (κ2) is 4.71. The van der Waals surface area contributed by atoms with Crippen molar-refractivity contribution in [3.05, 3.63) is 53.6 Å². The number of imidazole rings is 1. The van der Waals surface area contributed by atoms with Crippen molar-refractivity contribution < 1.29 is 8.78 Å². The maximum Gasteiger partial charge on any atom is 0.153 e. The number of hydrogen-bond acceptors (Lipinski definition) is 1. The molecule has 2 nitrogen and oxygen atoms in total. The van der Waals surface area contributed by atoms with Gasteiger partial charge in [-0.2, -0.15) is 0 Å². The van der Waals surface area contributed by atoms with Gasteiger partial charge in [0.1, 0.15) is 17.2 Å². The number of rotatable bonds is 2. The van der Waals surface area contributed by atoms with Crippen LogP contribution in [-0.4, -0.2) is 9.97 Å². The van der Waals surface area contributed by atoms with Crippen LogP contribution in [0.3, 0.4) is 0 Å². The van der Waals surface area contributed by atoms with Gasteiger partial charge in [0.15, 0.2) is 5.82 Å². The third kappa shape index (κ3) is 2.18. The lowest BCUT2D eigenvalue weighted by Crippen LogP contribution is -1.87. The van der Waals surface area contributed by atoms with Gasteiger partial charge in [-0.15, -0.1) is 0 Å². The molecule has 0 amide bonds. The molecule has 0 aliphatic rings. The van der Waals surface area contributed by atoms with E-state index in [0.717, 1.165) is 11.6 Å². The van der Waals surface area contributed by atoms with Gasteiger partial charge in [0, 0.05) is 11.6 Å². The predicted octanol–water partition coefficient (Wildman–Crippen LogP) is 4.63. The highest BCUT2D eigenvalue weighted by Crippen LogP contribution is 2.24. The number of H-pyrrole nitrogens is 1. The molecule has 0 spiro atoms. The first-order chi connectivity index (χ1) is 9.54. The van der Waals surface area contributed by atoms with Crippen LogP contribution in [0.4, 0.5) is 8.78 Å². The fourth-order valence-electron chi connectivity index (χ4n) is 2.20. The molecule has 20 heavy (non-hydrogen) atoms. The number of hydrogen-bond donors (Lipinski definition) is 1. The average molecular weight is 272 g/mol. The van der Waals surface area contributed by atoms with Crippen molar-refractivity contribution >= 4 is 11.0 Å². The van der Waals surface area contributed by atoms with Crippen molar-refractivity contribution in [1.29, 1.82) is 0 Å². The third-order valence-electron chi connectivity index (χ3n) is 3.36. The summed E-state index contributed by atoms with van der Waals surface area (Å²) in [6.45, 7) is 4.24. The summed E-state index contributed by atoms with van der Waals surface area (Å²) in [5.41, 5.74) is 2.60. The number of benzene rings is 2. The first-order valence-corrected chi connectivity index (χ1v) is 6.49. The average Bonchev–Trinajstić information content (AvgIpc) is 2.83. The molecule has 3 aromatic rings. The molecule has 1 heterocycles. The molecule has 3 rings (SSSR count). The van der Waals surface area contributed by atoms with Crippen molar-refractivity contribution in [3.63, 3.8) is 0 Å². The number of aromatic amines is 1. The zero-order chi connectivity index (χ0) is 14.3. The van der Waals surface area contributed by atoms with Crippen LogP contribution in [0.5, 0.6) is 0 Å². The van der Waals surface area contributed by atoms with Gasteiger partial charge in [0.2, 0.25) is 0 Å². The Hall–Kier alpha value is -2.23. The number of halogens is 2. The van der Waals surface area contributed by atoms with Crippen LogP contribution in [0, 0.1) is 11.6 Å². The largest absolute Gasteiger partial charge is 0.338 e. The zero-order valence-corrected chi connectivity index (χ0v) is 11.2. The summed E-state index contributed by atoms with van der Waals surface area (Å²) < 4.78 is 26.8. The van der Waals surface area contributed by atoms with E-state index in [1.54, 1.807) is 0 Å². The van der Waals surface area contributed by atoms with Gasteiger partial charge in [0.05, 0.1) is 5.52 Å². The third-order valence-corrected chi connectivity index (χ3v) is 3.36. The van der Waals surface area contributed by atoms with E-state index in [2.05, 4.69) is 23.8 Å².